The predicted octanol–water partition coefficient (Wildman–Crippen LogP) is 1.84. The lowest BCUT2D eigenvalue weighted by Crippen LogP contribution is -2.26. The third-order valence-corrected chi connectivity index (χ3v) is 4.24. The number of aromatic nitrogens is 1. The second-order valence-corrected chi connectivity index (χ2v) is 6.02. The molecule has 3 N–H and O–H groups in total. The van der Waals surface area contributed by atoms with Crippen LogP contribution in [0.3, 0.4) is 0 Å². The van der Waals surface area contributed by atoms with Gasteiger partial charge in [0.15, 0.2) is 0 Å². The van der Waals surface area contributed by atoms with Crippen molar-refractivity contribution in [3.63, 3.8) is 0 Å². The number of fused-ring (bicyclic) bond motifs is 1. The highest BCUT2D eigenvalue weighted by Crippen LogP contribution is 2.22. The number of hydrogen-bond donors (Lipinski definition) is 2. The van der Waals surface area contributed by atoms with Crippen molar-refractivity contribution in [1.82, 2.24) is 9.88 Å². The van der Waals surface area contributed by atoms with Crippen molar-refractivity contribution in [2.75, 3.05) is 7.11 Å². The Morgan fingerprint density at radius 1 is 1.07 bits per heavy atom. The summed E-state index contributed by atoms with van der Waals surface area (Å²) < 4.78 is 6.52. The number of benzene rings is 2. The number of para-hydroxylation sites is 1. The summed E-state index contributed by atoms with van der Waals surface area (Å²) in [6, 6.07) is 14.0. The number of hydrogen-bond acceptors (Lipinski definition) is 4. The van der Waals surface area contributed by atoms with Gasteiger partial charge < -0.3 is 20.4 Å². The van der Waals surface area contributed by atoms with E-state index in [2.05, 4.69) is 5.32 Å². The molecular formula is C20H19N3O4. The van der Waals surface area contributed by atoms with Crippen molar-refractivity contribution in [3.8, 4) is 0 Å². The molecule has 2 amide bonds. The van der Waals surface area contributed by atoms with Crippen molar-refractivity contribution in [1.29, 1.82) is 0 Å². The second-order valence-electron chi connectivity index (χ2n) is 6.02. The van der Waals surface area contributed by atoms with Gasteiger partial charge in [0.1, 0.15) is 6.54 Å². The fourth-order valence-electron chi connectivity index (χ4n) is 2.85. The first-order chi connectivity index (χ1) is 13.0. The first-order valence-electron chi connectivity index (χ1n) is 8.31. The second kappa shape index (κ2) is 7.74. The number of nitrogens with one attached hydrogen (secondary N) is 1. The summed E-state index contributed by atoms with van der Waals surface area (Å²) in [4.78, 5) is 35.4. The van der Waals surface area contributed by atoms with Crippen molar-refractivity contribution >= 4 is 28.7 Å². The first kappa shape index (κ1) is 18.2. The Morgan fingerprint density at radius 3 is 2.44 bits per heavy atom. The van der Waals surface area contributed by atoms with E-state index >= 15 is 0 Å². The average molecular weight is 365 g/mol. The molecule has 3 rings (SSSR count). The van der Waals surface area contributed by atoms with Crippen molar-refractivity contribution in [2.45, 2.75) is 13.1 Å². The van der Waals surface area contributed by atoms with E-state index in [1.54, 1.807) is 35.0 Å². The van der Waals surface area contributed by atoms with Gasteiger partial charge in [-0.15, -0.1) is 0 Å². The number of esters is 1. The van der Waals surface area contributed by atoms with E-state index in [-0.39, 0.29) is 12.5 Å². The topological polar surface area (TPSA) is 103 Å². The fourth-order valence-corrected chi connectivity index (χ4v) is 2.85. The van der Waals surface area contributed by atoms with Gasteiger partial charge in [0.05, 0.1) is 12.7 Å². The largest absolute Gasteiger partial charge is 0.465 e. The molecule has 27 heavy (non-hydrogen) atoms. The molecule has 0 fully saturated rings. The van der Waals surface area contributed by atoms with Gasteiger partial charge in [-0.2, -0.15) is 0 Å². The minimum atomic E-state index is -0.494. The molecule has 1 heterocycles. The molecule has 0 saturated heterocycles. The molecule has 0 unspecified atom stereocenters. The number of carbonyl (C=O) groups is 3. The standard InChI is InChI=1S/C20H19N3O4/c1-27-20(26)16-11-23(17-5-3-2-4-15(16)17)12-18(24)22-10-13-6-8-14(9-7-13)19(21)25/h2-9,11H,10,12H2,1H3,(H2,21,25)(H,22,24). The number of ether oxygens (including phenoxy) is 1. The van der Waals surface area contributed by atoms with Gasteiger partial charge in [-0.1, -0.05) is 30.3 Å². The van der Waals surface area contributed by atoms with Crippen LogP contribution in [-0.4, -0.2) is 29.5 Å². The Balaban J connectivity index is 1.71. The molecule has 0 bridgehead atoms. The molecule has 3 aromatic rings. The van der Waals surface area contributed by atoms with Crippen LogP contribution in [0.25, 0.3) is 10.9 Å². The zero-order chi connectivity index (χ0) is 19.4. The van der Waals surface area contributed by atoms with Crippen LogP contribution >= 0.6 is 0 Å². The molecule has 0 radical (unpaired) electrons. The van der Waals surface area contributed by atoms with Crippen molar-refractivity contribution in [3.05, 3.63) is 71.4 Å². The van der Waals surface area contributed by atoms with Crippen LogP contribution in [0.2, 0.25) is 0 Å². The summed E-state index contributed by atoms with van der Waals surface area (Å²) in [5.41, 5.74) is 7.67. The number of nitrogens with two attached hydrogens (primary N) is 1. The summed E-state index contributed by atoms with van der Waals surface area (Å²) >= 11 is 0. The zero-order valence-electron chi connectivity index (χ0n) is 14.8. The maximum absolute atomic E-state index is 12.3. The molecular weight excluding hydrogens is 346 g/mol. The Bertz CT molecular complexity index is 1010. The van der Waals surface area contributed by atoms with Crippen LogP contribution in [-0.2, 0) is 22.6 Å². The molecule has 0 aliphatic carbocycles. The predicted molar refractivity (Wildman–Crippen MR) is 100 cm³/mol. The maximum Gasteiger partial charge on any atom is 0.340 e. The highest BCUT2D eigenvalue weighted by molar-refractivity contribution is 6.04. The minimum Gasteiger partial charge on any atom is -0.465 e. The highest BCUT2D eigenvalue weighted by Gasteiger charge is 2.16. The Hall–Kier alpha value is -3.61. The molecule has 138 valence electrons. The van der Waals surface area contributed by atoms with Crippen LogP contribution in [0, 0.1) is 0 Å². The molecule has 0 aliphatic rings. The number of amides is 2. The fraction of sp³-hybridized carbons (Fsp3) is 0.150. The molecule has 7 nitrogen and oxygen atoms in total. The molecule has 0 aliphatic heterocycles. The SMILES string of the molecule is COC(=O)c1cn(CC(=O)NCc2ccc(C(N)=O)cc2)c2ccccc12. The Morgan fingerprint density at radius 2 is 1.78 bits per heavy atom. The Kier molecular flexibility index (Phi) is 5.21. The van der Waals surface area contributed by atoms with Crippen molar-refractivity contribution in [2.24, 2.45) is 5.73 Å². The van der Waals surface area contributed by atoms with E-state index in [0.29, 0.717) is 17.7 Å². The van der Waals surface area contributed by atoms with Crippen LogP contribution in [0.15, 0.2) is 54.7 Å². The van der Waals surface area contributed by atoms with E-state index in [1.165, 1.54) is 7.11 Å². The molecule has 7 heteroatoms. The molecule has 2 aromatic carbocycles. The third-order valence-electron chi connectivity index (χ3n) is 4.24. The summed E-state index contributed by atoms with van der Waals surface area (Å²) in [5.74, 6) is -1.14. The summed E-state index contributed by atoms with van der Waals surface area (Å²) in [5, 5.41) is 3.56. The third kappa shape index (κ3) is 3.98. The van der Waals surface area contributed by atoms with E-state index < -0.39 is 11.9 Å². The Labute approximate surface area is 155 Å². The van der Waals surface area contributed by atoms with E-state index in [0.717, 1.165) is 16.5 Å². The lowest BCUT2D eigenvalue weighted by molar-refractivity contribution is -0.121. The molecule has 0 saturated carbocycles. The van der Waals surface area contributed by atoms with Gasteiger partial charge in [0.25, 0.3) is 0 Å². The van der Waals surface area contributed by atoms with Crippen LogP contribution in [0.4, 0.5) is 0 Å². The average Bonchev–Trinajstić information content (AvgIpc) is 3.04. The summed E-state index contributed by atoms with van der Waals surface area (Å²) in [7, 11) is 1.32. The van der Waals surface area contributed by atoms with Gasteiger partial charge in [0, 0.05) is 29.2 Å². The van der Waals surface area contributed by atoms with Crippen LogP contribution < -0.4 is 11.1 Å². The maximum atomic E-state index is 12.3. The summed E-state index contributed by atoms with van der Waals surface area (Å²) in [6.45, 7) is 0.387. The molecule has 0 spiro atoms. The van der Waals surface area contributed by atoms with Crippen LogP contribution in [0.1, 0.15) is 26.3 Å². The first-order valence-corrected chi connectivity index (χ1v) is 8.31. The lowest BCUT2D eigenvalue weighted by atomic mass is 10.1. The zero-order valence-corrected chi connectivity index (χ0v) is 14.8. The monoisotopic (exact) mass is 365 g/mol. The minimum absolute atomic E-state index is 0.0663. The number of nitrogens with zero attached hydrogens (tertiary/aromatic N) is 1. The lowest BCUT2D eigenvalue weighted by Gasteiger charge is -2.08. The van der Waals surface area contributed by atoms with Crippen molar-refractivity contribution < 1.29 is 19.1 Å². The molecule has 1 aromatic heterocycles. The van der Waals surface area contributed by atoms with Crippen LogP contribution in [0.5, 0.6) is 0 Å². The summed E-state index contributed by atoms with van der Waals surface area (Å²) in [6.07, 6.45) is 1.62. The van der Waals surface area contributed by atoms with Gasteiger partial charge in [0.2, 0.25) is 11.8 Å². The number of methoxy groups -OCH3 is 1. The van der Waals surface area contributed by atoms with Gasteiger partial charge in [-0.3, -0.25) is 9.59 Å². The van der Waals surface area contributed by atoms with Gasteiger partial charge >= 0.3 is 5.97 Å². The van der Waals surface area contributed by atoms with Gasteiger partial charge in [-0.25, -0.2) is 4.79 Å². The normalized spacial score (nSPS) is 10.6. The highest BCUT2D eigenvalue weighted by atomic mass is 16.5. The molecule has 0 atom stereocenters. The smallest absolute Gasteiger partial charge is 0.340 e. The van der Waals surface area contributed by atoms with E-state index in [4.69, 9.17) is 10.5 Å². The van der Waals surface area contributed by atoms with E-state index in [1.807, 2.05) is 24.3 Å². The van der Waals surface area contributed by atoms with E-state index in [9.17, 15) is 14.4 Å². The quantitative estimate of drug-likeness (QED) is 0.651. The number of primary amides is 1. The number of rotatable bonds is 6. The number of carbonyl (C=O) groups excluding carboxylic acids is 3. The van der Waals surface area contributed by atoms with Gasteiger partial charge in [-0.05, 0) is 23.8 Å².